The zero-order chi connectivity index (χ0) is 18.4. The molecule has 6 nitrogen and oxygen atoms in total. The van der Waals surface area contributed by atoms with Crippen LogP contribution in [0.15, 0.2) is 47.4 Å². The number of fused-ring (bicyclic) bond motifs is 1. The average molecular weight is 379 g/mol. The summed E-state index contributed by atoms with van der Waals surface area (Å²) < 4.78 is 26.4. The minimum Gasteiger partial charge on any atom is -0.350 e. The standard InChI is InChI=1S/C17H15ClN2O4S/c1-10(2)19-16(21)11-3-8-14-15(9-11)25(23,24)20(17(14)22)13-6-4-12(18)5-7-13/h3-10H,1-2H3,(H,19,21). The van der Waals surface area contributed by atoms with E-state index in [-0.39, 0.29) is 27.8 Å². The van der Waals surface area contributed by atoms with Gasteiger partial charge in [0.15, 0.2) is 0 Å². The van der Waals surface area contributed by atoms with E-state index in [0.717, 1.165) is 4.31 Å². The molecule has 2 aromatic rings. The topological polar surface area (TPSA) is 83.6 Å². The number of halogens is 1. The van der Waals surface area contributed by atoms with Gasteiger partial charge in [-0.25, -0.2) is 8.42 Å². The SMILES string of the molecule is CC(C)NC(=O)c1ccc2c(c1)S(=O)(=O)N(c1ccc(Cl)cc1)C2=O. The summed E-state index contributed by atoms with van der Waals surface area (Å²) >= 11 is 5.81. The smallest absolute Gasteiger partial charge is 0.273 e. The number of carbonyl (C=O) groups excluding carboxylic acids is 2. The first-order valence-electron chi connectivity index (χ1n) is 7.52. The summed E-state index contributed by atoms with van der Waals surface area (Å²) in [6.07, 6.45) is 0. The third-order valence-corrected chi connectivity index (χ3v) is 5.66. The Kier molecular flexibility index (Phi) is 4.30. The zero-order valence-corrected chi connectivity index (χ0v) is 15.1. The molecule has 1 aliphatic heterocycles. The van der Waals surface area contributed by atoms with Crippen LogP contribution in [0.5, 0.6) is 0 Å². The number of nitrogens with one attached hydrogen (secondary N) is 1. The second-order valence-corrected chi connectivity index (χ2v) is 8.08. The van der Waals surface area contributed by atoms with Gasteiger partial charge in [-0.3, -0.25) is 9.59 Å². The number of sulfonamides is 1. The van der Waals surface area contributed by atoms with Gasteiger partial charge < -0.3 is 5.32 Å². The largest absolute Gasteiger partial charge is 0.350 e. The Morgan fingerprint density at radius 2 is 1.76 bits per heavy atom. The lowest BCUT2D eigenvalue weighted by atomic mass is 10.1. The highest BCUT2D eigenvalue weighted by Crippen LogP contribution is 2.35. The molecule has 0 saturated carbocycles. The minimum atomic E-state index is -4.09. The van der Waals surface area contributed by atoms with Crippen LogP contribution in [-0.4, -0.2) is 26.3 Å². The minimum absolute atomic E-state index is 0.0380. The zero-order valence-electron chi connectivity index (χ0n) is 13.5. The molecule has 0 fully saturated rings. The molecule has 8 heteroatoms. The van der Waals surface area contributed by atoms with Gasteiger partial charge in [0.05, 0.1) is 11.3 Å². The van der Waals surface area contributed by atoms with Gasteiger partial charge >= 0.3 is 0 Å². The van der Waals surface area contributed by atoms with Crippen LogP contribution in [-0.2, 0) is 10.0 Å². The van der Waals surface area contributed by atoms with Crippen LogP contribution in [0.25, 0.3) is 0 Å². The maximum atomic E-state index is 12.8. The van der Waals surface area contributed by atoms with Crippen LogP contribution in [0, 0.1) is 0 Å². The Bertz CT molecular complexity index is 969. The molecule has 3 rings (SSSR count). The van der Waals surface area contributed by atoms with Crippen molar-refractivity contribution in [3.8, 4) is 0 Å². The summed E-state index contributed by atoms with van der Waals surface area (Å²) in [5.41, 5.74) is 0.414. The first-order valence-corrected chi connectivity index (χ1v) is 9.34. The van der Waals surface area contributed by atoms with E-state index in [1.807, 2.05) is 0 Å². The number of rotatable bonds is 3. The fourth-order valence-corrected chi connectivity index (χ4v) is 4.30. The number of nitrogens with zero attached hydrogens (tertiary/aromatic N) is 1. The van der Waals surface area contributed by atoms with Gasteiger partial charge in [0.2, 0.25) is 0 Å². The van der Waals surface area contributed by atoms with Crippen molar-refractivity contribution in [1.82, 2.24) is 5.32 Å². The summed E-state index contributed by atoms with van der Waals surface area (Å²) in [6.45, 7) is 3.60. The summed E-state index contributed by atoms with van der Waals surface area (Å²) in [5.74, 6) is -1.06. The van der Waals surface area contributed by atoms with Crippen molar-refractivity contribution in [2.45, 2.75) is 24.8 Å². The number of carbonyl (C=O) groups is 2. The second kappa shape index (κ2) is 6.16. The van der Waals surface area contributed by atoms with Gasteiger partial charge in [-0.15, -0.1) is 0 Å². The Morgan fingerprint density at radius 1 is 1.12 bits per heavy atom. The first kappa shape index (κ1) is 17.4. The molecule has 0 unspecified atom stereocenters. The van der Waals surface area contributed by atoms with Crippen LogP contribution in [0.1, 0.15) is 34.6 Å². The van der Waals surface area contributed by atoms with Crippen LogP contribution in [0.2, 0.25) is 5.02 Å². The molecule has 0 aromatic heterocycles. The van der Waals surface area contributed by atoms with E-state index in [4.69, 9.17) is 11.6 Å². The molecular formula is C17H15ClN2O4S. The van der Waals surface area contributed by atoms with Gasteiger partial charge in [0.1, 0.15) is 4.90 Å². The van der Waals surface area contributed by atoms with Crippen LogP contribution < -0.4 is 9.62 Å². The average Bonchev–Trinajstić information content (AvgIpc) is 2.74. The lowest BCUT2D eigenvalue weighted by Gasteiger charge is -2.15. The fourth-order valence-electron chi connectivity index (χ4n) is 2.55. The van der Waals surface area contributed by atoms with E-state index in [0.29, 0.717) is 5.02 Å². The number of benzene rings is 2. The molecule has 0 aliphatic carbocycles. The summed E-state index contributed by atoms with van der Waals surface area (Å²) in [4.78, 5) is 24.5. The van der Waals surface area contributed by atoms with E-state index < -0.39 is 21.8 Å². The molecule has 0 radical (unpaired) electrons. The molecule has 130 valence electrons. The predicted molar refractivity (Wildman–Crippen MR) is 94.5 cm³/mol. The predicted octanol–water partition coefficient (Wildman–Crippen LogP) is 2.83. The number of amides is 2. The lowest BCUT2D eigenvalue weighted by Crippen LogP contribution is -2.30. The van der Waals surface area contributed by atoms with E-state index in [1.165, 1.54) is 42.5 Å². The molecule has 2 amide bonds. The maximum absolute atomic E-state index is 12.8. The van der Waals surface area contributed by atoms with Crippen molar-refractivity contribution >= 4 is 39.1 Å². The van der Waals surface area contributed by atoms with Crippen molar-refractivity contribution in [3.05, 3.63) is 58.6 Å². The number of anilines is 1. The molecule has 0 atom stereocenters. The normalized spacial score (nSPS) is 15.4. The molecule has 0 bridgehead atoms. The molecule has 0 saturated heterocycles. The van der Waals surface area contributed by atoms with Gasteiger partial charge in [0, 0.05) is 16.6 Å². The van der Waals surface area contributed by atoms with Gasteiger partial charge in [0.25, 0.3) is 21.8 Å². The van der Waals surface area contributed by atoms with Gasteiger partial charge in [-0.05, 0) is 56.3 Å². The highest BCUT2D eigenvalue weighted by atomic mass is 35.5. The van der Waals surface area contributed by atoms with Crippen molar-refractivity contribution in [2.24, 2.45) is 0 Å². The first-order chi connectivity index (χ1) is 11.7. The van der Waals surface area contributed by atoms with Gasteiger partial charge in [-0.2, -0.15) is 4.31 Å². The molecule has 0 spiro atoms. The number of hydrogen-bond acceptors (Lipinski definition) is 4. The third-order valence-electron chi connectivity index (χ3n) is 3.66. The van der Waals surface area contributed by atoms with E-state index >= 15 is 0 Å². The molecular weight excluding hydrogens is 364 g/mol. The monoisotopic (exact) mass is 378 g/mol. The van der Waals surface area contributed by atoms with E-state index in [9.17, 15) is 18.0 Å². The molecule has 1 heterocycles. The van der Waals surface area contributed by atoms with Gasteiger partial charge in [-0.1, -0.05) is 11.6 Å². The summed E-state index contributed by atoms with van der Waals surface area (Å²) in [7, 11) is -4.09. The number of hydrogen-bond donors (Lipinski definition) is 1. The third kappa shape index (κ3) is 3.01. The highest BCUT2D eigenvalue weighted by Gasteiger charge is 2.42. The second-order valence-electron chi connectivity index (χ2n) is 5.89. The van der Waals surface area contributed by atoms with Crippen molar-refractivity contribution in [1.29, 1.82) is 0 Å². The molecule has 25 heavy (non-hydrogen) atoms. The Balaban J connectivity index is 2.07. The molecule has 1 N–H and O–H groups in total. The van der Waals surface area contributed by atoms with E-state index in [1.54, 1.807) is 13.8 Å². The van der Waals surface area contributed by atoms with Crippen molar-refractivity contribution < 1.29 is 18.0 Å². The Labute approximate surface area is 150 Å². The maximum Gasteiger partial charge on any atom is 0.273 e. The quantitative estimate of drug-likeness (QED) is 0.890. The van der Waals surface area contributed by atoms with Crippen molar-refractivity contribution in [2.75, 3.05) is 4.31 Å². The van der Waals surface area contributed by atoms with E-state index in [2.05, 4.69) is 5.32 Å². The molecule has 1 aliphatic rings. The Hall–Kier alpha value is -2.38. The highest BCUT2D eigenvalue weighted by molar-refractivity contribution is 7.94. The summed E-state index contributed by atoms with van der Waals surface area (Å²) in [6, 6.07) is 9.86. The van der Waals surface area contributed by atoms with Crippen molar-refractivity contribution in [3.63, 3.8) is 0 Å². The van der Waals surface area contributed by atoms with Crippen LogP contribution in [0.4, 0.5) is 5.69 Å². The van der Waals surface area contributed by atoms with Crippen LogP contribution in [0.3, 0.4) is 0 Å². The fraction of sp³-hybridized carbons (Fsp3) is 0.176. The lowest BCUT2D eigenvalue weighted by molar-refractivity contribution is 0.0940. The van der Waals surface area contributed by atoms with Crippen LogP contribution >= 0.6 is 11.6 Å². The Morgan fingerprint density at radius 3 is 2.36 bits per heavy atom. The molecule has 2 aromatic carbocycles. The summed E-state index contributed by atoms with van der Waals surface area (Å²) in [5, 5.41) is 3.12.